The van der Waals surface area contributed by atoms with E-state index in [4.69, 9.17) is 11.6 Å². The number of pyridine rings is 1. The van der Waals surface area contributed by atoms with Crippen LogP contribution in [-0.4, -0.2) is 16.0 Å². The van der Waals surface area contributed by atoms with Gasteiger partial charge in [0.15, 0.2) is 0 Å². The van der Waals surface area contributed by atoms with Gasteiger partial charge in [0, 0.05) is 33.9 Å². The number of carbonyl (C=O) groups excluding carboxylic acids is 1. The van der Waals surface area contributed by atoms with E-state index in [-0.39, 0.29) is 22.1 Å². The van der Waals surface area contributed by atoms with Gasteiger partial charge in [-0.1, -0.05) is 53.1 Å². The molecule has 158 valence electrons. The minimum atomic E-state index is -0.550. The summed E-state index contributed by atoms with van der Waals surface area (Å²) in [6.07, 6.45) is 1.40. The van der Waals surface area contributed by atoms with Gasteiger partial charge in [0.1, 0.15) is 11.3 Å². The highest BCUT2D eigenvalue weighted by atomic mass is 35.5. The third kappa shape index (κ3) is 4.21. The van der Waals surface area contributed by atoms with E-state index in [1.807, 2.05) is 47.6 Å². The topological polar surface area (TPSA) is 82.2 Å². The fourth-order valence-corrected chi connectivity index (χ4v) is 3.63. The number of aromatic hydroxyl groups is 1. The van der Waals surface area contributed by atoms with Crippen molar-refractivity contribution >= 4 is 34.1 Å². The number of hydrogen-bond donors (Lipinski definition) is 3. The van der Waals surface area contributed by atoms with Crippen LogP contribution in [0, 0.1) is 0 Å². The first-order valence-electron chi connectivity index (χ1n) is 9.79. The maximum atomic E-state index is 13.0. The van der Waals surface area contributed by atoms with E-state index in [1.54, 1.807) is 18.2 Å². The smallest absolute Gasteiger partial charge is 0.261 e. The molecule has 0 radical (unpaired) electrons. The van der Waals surface area contributed by atoms with Crippen molar-refractivity contribution in [3.63, 3.8) is 0 Å². The Balaban J connectivity index is 2.09. The Labute approximate surface area is 181 Å². The summed E-state index contributed by atoms with van der Waals surface area (Å²) in [6, 6.07) is 8.40. The standard InChI is InChI=1S/C24H27ClN2O3/c1-23(2,3)16-10-17(24(4,5)6)20(28)11-19(16)27-22(30)15-12-26-18-8-7-13(25)9-14(18)21(15)29/h7-12,28H,1-6H3,(H,26,29)(H,27,30). The van der Waals surface area contributed by atoms with Crippen LogP contribution in [0.2, 0.25) is 5.02 Å². The van der Waals surface area contributed by atoms with Gasteiger partial charge >= 0.3 is 0 Å². The molecule has 6 heteroatoms. The highest BCUT2D eigenvalue weighted by Crippen LogP contribution is 2.39. The Kier molecular flexibility index (Phi) is 5.46. The van der Waals surface area contributed by atoms with Crippen LogP contribution in [0.4, 0.5) is 5.69 Å². The zero-order valence-electron chi connectivity index (χ0n) is 18.1. The van der Waals surface area contributed by atoms with Crippen LogP contribution >= 0.6 is 11.6 Å². The molecule has 0 bridgehead atoms. The minimum Gasteiger partial charge on any atom is -0.508 e. The number of hydrogen-bond acceptors (Lipinski definition) is 3. The molecule has 1 aromatic heterocycles. The molecule has 0 saturated carbocycles. The second-order valence-electron chi connectivity index (χ2n) is 9.59. The third-order valence-electron chi connectivity index (χ3n) is 5.09. The van der Waals surface area contributed by atoms with E-state index in [2.05, 4.69) is 10.3 Å². The predicted molar refractivity (Wildman–Crippen MR) is 123 cm³/mol. The number of benzene rings is 2. The number of aromatic nitrogens is 1. The highest BCUT2D eigenvalue weighted by Gasteiger charge is 2.26. The number of nitrogens with one attached hydrogen (secondary N) is 2. The van der Waals surface area contributed by atoms with Crippen molar-refractivity contribution in [1.82, 2.24) is 4.98 Å². The molecular weight excluding hydrogens is 400 g/mol. The van der Waals surface area contributed by atoms with Crippen molar-refractivity contribution in [3.05, 3.63) is 68.5 Å². The summed E-state index contributed by atoms with van der Waals surface area (Å²) >= 11 is 6.01. The summed E-state index contributed by atoms with van der Waals surface area (Å²) in [5, 5.41) is 14.2. The number of fused-ring (bicyclic) bond motifs is 1. The summed E-state index contributed by atoms with van der Waals surface area (Å²) in [5.41, 5.74) is 1.76. The molecule has 3 aromatic rings. The number of phenols is 1. The number of H-pyrrole nitrogens is 1. The van der Waals surface area contributed by atoms with Crippen molar-refractivity contribution in [3.8, 4) is 5.75 Å². The summed E-state index contributed by atoms with van der Waals surface area (Å²) in [7, 11) is 0. The molecule has 0 aliphatic carbocycles. The van der Waals surface area contributed by atoms with E-state index < -0.39 is 11.3 Å². The largest absolute Gasteiger partial charge is 0.508 e. The lowest BCUT2D eigenvalue weighted by atomic mass is 9.79. The van der Waals surface area contributed by atoms with Gasteiger partial charge in [-0.25, -0.2) is 0 Å². The third-order valence-corrected chi connectivity index (χ3v) is 5.32. The van der Waals surface area contributed by atoms with Crippen molar-refractivity contribution in [2.24, 2.45) is 0 Å². The second kappa shape index (κ2) is 7.47. The van der Waals surface area contributed by atoms with E-state index in [0.29, 0.717) is 21.6 Å². The van der Waals surface area contributed by atoms with Crippen molar-refractivity contribution in [2.75, 3.05) is 5.32 Å². The molecule has 0 unspecified atom stereocenters. The first-order chi connectivity index (χ1) is 13.8. The fraction of sp³-hybridized carbons (Fsp3) is 0.333. The number of amides is 1. The molecule has 0 fully saturated rings. The zero-order valence-corrected chi connectivity index (χ0v) is 18.9. The van der Waals surface area contributed by atoms with Gasteiger partial charge in [0.2, 0.25) is 5.43 Å². The molecule has 5 nitrogen and oxygen atoms in total. The Bertz CT molecular complexity index is 1200. The number of aromatic amines is 1. The summed E-state index contributed by atoms with van der Waals surface area (Å²) in [4.78, 5) is 28.8. The Morgan fingerprint density at radius 1 is 1.00 bits per heavy atom. The highest BCUT2D eigenvalue weighted by molar-refractivity contribution is 6.31. The SMILES string of the molecule is CC(C)(C)c1cc(C(C)(C)C)c(NC(=O)c2c[nH]c3ccc(Cl)cc3c2=O)cc1O. The van der Waals surface area contributed by atoms with Crippen LogP contribution < -0.4 is 10.7 Å². The number of anilines is 1. The van der Waals surface area contributed by atoms with E-state index in [0.717, 1.165) is 11.1 Å². The minimum absolute atomic E-state index is 0.0241. The molecule has 1 amide bonds. The van der Waals surface area contributed by atoms with Gasteiger partial charge in [0.05, 0.1) is 0 Å². The molecule has 0 spiro atoms. The maximum Gasteiger partial charge on any atom is 0.261 e. The molecule has 0 saturated heterocycles. The van der Waals surface area contributed by atoms with E-state index >= 15 is 0 Å². The molecule has 0 aliphatic rings. The molecule has 2 aromatic carbocycles. The molecule has 0 atom stereocenters. The van der Waals surface area contributed by atoms with Crippen molar-refractivity contribution < 1.29 is 9.90 Å². The molecule has 30 heavy (non-hydrogen) atoms. The molecule has 3 rings (SSSR count). The lowest BCUT2D eigenvalue weighted by Crippen LogP contribution is -2.25. The first kappa shape index (κ1) is 21.9. The first-order valence-corrected chi connectivity index (χ1v) is 10.2. The van der Waals surface area contributed by atoms with E-state index in [9.17, 15) is 14.7 Å². The van der Waals surface area contributed by atoms with E-state index in [1.165, 1.54) is 12.3 Å². The lowest BCUT2D eigenvalue weighted by molar-refractivity contribution is 0.102. The van der Waals surface area contributed by atoms with Crippen molar-refractivity contribution in [2.45, 2.75) is 52.4 Å². The summed E-state index contributed by atoms with van der Waals surface area (Å²) in [5.74, 6) is -0.448. The number of phenolic OH excluding ortho intramolecular Hbond substituents is 1. The molecule has 0 aliphatic heterocycles. The van der Waals surface area contributed by atoms with Gasteiger partial charge < -0.3 is 15.4 Å². The van der Waals surface area contributed by atoms with Crippen LogP contribution in [0.1, 0.15) is 63.0 Å². The fourth-order valence-electron chi connectivity index (χ4n) is 3.46. The molecule has 3 N–H and O–H groups in total. The summed E-state index contributed by atoms with van der Waals surface area (Å²) in [6.45, 7) is 12.2. The quantitative estimate of drug-likeness (QED) is 0.489. The Morgan fingerprint density at radius 2 is 1.63 bits per heavy atom. The predicted octanol–water partition coefficient (Wildman–Crippen LogP) is 5.73. The van der Waals surface area contributed by atoms with Gasteiger partial charge in [-0.15, -0.1) is 0 Å². The van der Waals surface area contributed by atoms with Gasteiger partial charge in [-0.3, -0.25) is 9.59 Å². The van der Waals surface area contributed by atoms with Gasteiger partial charge in [-0.2, -0.15) is 0 Å². The Morgan fingerprint density at radius 3 is 2.23 bits per heavy atom. The Hall–Kier alpha value is -2.79. The van der Waals surface area contributed by atoms with Gasteiger partial charge in [0.25, 0.3) is 5.91 Å². The summed E-state index contributed by atoms with van der Waals surface area (Å²) < 4.78 is 0. The molecular formula is C24H27ClN2O3. The number of carbonyl (C=O) groups is 1. The van der Waals surface area contributed by atoms with Crippen LogP contribution in [0.15, 0.2) is 41.3 Å². The average Bonchev–Trinajstić information content (AvgIpc) is 2.60. The molecule has 1 heterocycles. The normalized spacial score (nSPS) is 12.2. The number of halogens is 1. The lowest BCUT2D eigenvalue weighted by Gasteiger charge is -2.28. The van der Waals surface area contributed by atoms with Crippen LogP contribution in [0.5, 0.6) is 5.75 Å². The zero-order chi connectivity index (χ0) is 22.4. The van der Waals surface area contributed by atoms with Crippen LogP contribution in [0.25, 0.3) is 10.9 Å². The average molecular weight is 427 g/mol. The van der Waals surface area contributed by atoms with Gasteiger partial charge in [-0.05, 0) is 46.2 Å². The monoisotopic (exact) mass is 426 g/mol. The number of rotatable bonds is 2. The van der Waals surface area contributed by atoms with Crippen LogP contribution in [0.3, 0.4) is 0 Å². The maximum absolute atomic E-state index is 13.0. The van der Waals surface area contributed by atoms with Crippen molar-refractivity contribution in [1.29, 1.82) is 0 Å². The van der Waals surface area contributed by atoms with Crippen LogP contribution in [-0.2, 0) is 10.8 Å². The second-order valence-corrected chi connectivity index (χ2v) is 10.0.